The van der Waals surface area contributed by atoms with Crippen molar-refractivity contribution in [2.24, 2.45) is 0 Å². The summed E-state index contributed by atoms with van der Waals surface area (Å²) in [6.07, 6.45) is 0. The fraction of sp³-hybridized carbons (Fsp3) is 0.333. The lowest BCUT2D eigenvalue weighted by molar-refractivity contribution is 0.102. The Morgan fingerprint density at radius 3 is 2.76 bits per heavy atom. The van der Waals surface area contributed by atoms with Gasteiger partial charge in [-0.1, -0.05) is 30.6 Å². The first-order chi connectivity index (χ1) is 9.93. The second kappa shape index (κ2) is 6.18. The van der Waals surface area contributed by atoms with Crippen LogP contribution < -0.4 is 10.1 Å². The van der Waals surface area contributed by atoms with Crippen LogP contribution in [0.5, 0.6) is 5.75 Å². The second-order valence-electron chi connectivity index (χ2n) is 4.96. The van der Waals surface area contributed by atoms with Crippen LogP contribution in [0.3, 0.4) is 0 Å². The molecule has 0 aliphatic heterocycles. The zero-order chi connectivity index (χ0) is 15.6. The number of rotatable bonds is 4. The van der Waals surface area contributed by atoms with E-state index in [1.165, 1.54) is 7.11 Å². The van der Waals surface area contributed by atoms with Crippen molar-refractivity contribution in [3.8, 4) is 5.75 Å². The van der Waals surface area contributed by atoms with Crippen LogP contribution in [0.1, 0.15) is 41.6 Å². The van der Waals surface area contributed by atoms with Gasteiger partial charge in [-0.2, -0.15) is 0 Å². The van der Waals surface area contributed by atoms with Crippen LogP contribution in [-0.2, 0) is 0 Å². The van der Waals surface area contributed by atoms with E-state index in [1.807, 2.05) is 13.8 Å². The van der Waals surface area contributed by atoms with Gasteiger partial charge < -0.3 is 14.6 Å². The lowest BCUT2D eigenvalue weighted by Crippen LogP contribution is -2.15. The Bertz CT molecular complexity index is 665. The van der Waals surface area contributed by atoms with E-state index in [-0.39, 0.29) is 11.8 Å². The molecule has 1 aromatic heterocycles. The van der Waals surface area contributed by atoms with Crippen LogP contribution in [0.4, 0.5) is 5.69 Å². The molecule has 0 radical (unpaired) electrons. The highest BCUT2D eigenvalue weighted by Crippen LogP contribution is 2.29. The van der Waals surface area contributed by atoms with Crippen LogP contribution >= 0.6 is 11.6 Å². The number of amides is 1. The summed E-state index contributed by atoms with van der Waals surface area (Å²) in [5, 5.41) is 7.17. The minimum absolute atomic E-state index is 0.0632. The predicted octanol–water partition coefficient (Wildman–Crippen LogP) is 4.02. The number of hydrogen-bond donors (Lipinski definition) is 1. The van der Waals surface area contributed by atoms with Crippen LogP contribution in [0.15, 0.2) is 22.7 Å². The molecule has 0 saturated heterocycles. The number of anilines is 1. The molecule has 6 heteroatoms. The van der Waals surface area contributed by atoms with Crippen LogP contribution in [-0.4, -0.2) is 18.2 Å². The highest BCUT2D eigenvalue weighted by atomic mass is 35.5. The van der Waals surface area contributed by atoms with Gasteiger partial charge in [-0.15, -0.1) is 0 Å². The first kappa shape index (κ1) is 15.4. The number of aryl methyl sites for hydroxylation is 1. The number of nitrogens with one attached hydrogen (secondary N) is 1. The van der Waals surface area contributed by atoms with E-state index in [0.717, 1.165) is 0 Å². The molecule has 21 heavy (non-hydrogen) atoms. The Labute approximate surface area is 128 Å². The topological polar surface area (TPSA) is 64.4 Å². The maximum atomic E-state index is 12.5. The number of carbonyl (C=O) groups excluding carboxylic acids is 1. The van der Waals surface area contributed by atoms with E-state index >= 15 is 0 Å². The summed E-state index contributed by atoms with van der Waals surface area (Å²) in [5.41, 5.74) is 1.51. The maximum absolute atomic E-state index is 12.5. The molecular formula is C15H17ClN2O3. The zero-order valence-electron chi connectivity index (χ0n) is 12.4. The summed E-state index contributed by atoms with van der Waals surface area (Å²) in [7, 11) is 1.53. The summed E-state index contributed by atoms with van der Waals surface area (Å²) in [6.45, 7) is 5.62. The zero-order valence-corrected chi connectivity index (χ0v) is 13.1. The number of nitrogens with zero attached hydrogens (tertiary/aromatic N) is 1. The highest BCUT2D eigenvalue weighted by molar-refractivity contribution is 6.31. The number of methoxy groups -OCH3 is 1. The van der Waals surface area contributed by atoms with E-state index in [9.17, 15) is 4.79 Å². The molecule has 2 rings (SSSR count). The van der Waals surface area contributed by atoms with Gasteiger partial charge in [0.1, 0.15) is 11.3 Å². The summed E-state index contributed by atoms with van der Waals surface area (Å²) in [4.78, 5) is 12.5. The molecule has 1 aromatic carbocycles. The number of carbonyl (C=O) groups is 1. The van der Waals surface area contributed by atoms with Gasteiger partial charge in [0.25, 0.3) is 5.91 Å². The van der Waals surface area contributed by atoms with Crippen LogP contribution in [0, 0.1) is 6.92 Å². The van der Waals surface area contributed by atoms with Gasteiger partial charge in [-0.3, -0.25) is 4.79 Å². The number of aromatic nitrogens is 1. The molecular weight excluding hydrogens is 292 g/mol. The van der Waals surface area contributed by atoms with E-state index in [2.05, 4.69) is 10.5 Å². The van der Waals surface area contributed by atoms with Crippen LogP contribution in [0.25, 0.3) is 0 Å². The van der Waals surface area contributed by atoms with Gasteiger partial charge in [0.2, 0.25) is 0 Å². The van der Waals surface area contributed by atoms with Gasteiger partial charge in [0.15, 0.2) is 5.76 Å². The van der Waals surface area contributed by atoms with Crippen molar-refractivity contribution in [1.82, 2.24) is 5.16 Å². The normalized spacial score (nSPS) is 10.8. The first-order valence-electron chi connectivity index (χ1n) is 6.55. The Morgan fingerprint density at radius 1 is 1.43 bits per heavy atom. The molecule has 5 nitrogen and oxygen atoms in total. The Morgan fingerprint density at radius 2 is 2.14 bits per heavy atom. The van der Waals surface area contributed by atoms with Crippen molar-refractivity contribution in [2.75, 3.05) is 12.4 Å². The van der Waals surface area contributed by atoms with Gasteiger partial charge in [0.05, 0.1) is 18.5 Å². The van der Waals surface area contributed by atoms with E-state index in [0.29, 0.717) is 33.5 Å². The summed E-state index contributed by atoms with van der Waals surface area (Å²) in [6, 6.07) is 5.03. The molecule has 0 saturated carbocycles. The smallest absolute Gasteiger partial charge is 0.261 e. The minimum atomic E-state index is -0.294. The third-order valence-electron chi connectivity index (χ3n) is 3.05. The monoisotopic (exact) mass is 308 g/mol. The Kier molecular flexibility index (Phi) is 4.53. The average molecular weight is 309 g/mol. The average Bonchev–Trinajstić information content (AvgIpc) is 2.81. The van der Waals surface area contributed by atoms with Gasteiger partial charge in [0, 0.05) is 10.9 Å². The van der Waals surface area contributed by atoms with Gasteiger partial charge in [-0.05, 0) is 25.1 Å². The van der Waals surface area contributed by atoms with Crippen LogP contribution in [0.2, 0.25) is 5.02 Å². The standard InChI is InChI=1S/C15H17ClN2O3/c1-8(2)14-13(9(3)18-21-14)15(19)17-11-7-10(16)5-6-12(11)20-4/h5-8H,1-4H3,(H,17,19). The first-order valence-corrected chi connectivity index (χ1v) is 6.93. The summed E-state index contributed by atoms with van der Waals surface area (Å²) < 4.78 is 10.4. The number of hydrogen-bond acceptors (Lipinski definition) is 4. The molecule has 0 atom stereocenters. The molecule has 0 spiro atoms. The Balaban J connectivity index is 2.35. The van der Waals surface area contributed by atoms with E-state index < -0.39 is 0 Å². The third-order valence-corrected chi connectivity index (χ3v) is 3.29. The molecule has 112 valence electrons. The van der Waals surface area contributed by atoms with Crippen molar-refractivity contribution < 1.29 is 14.1 Å². The number of benzene rings is 1. The Hall–Kier alpha value is -2.01. The quantitative estimate of drug-likeness (QED) is 0.926. The summed E-state index contributed by atoms with van der Waals surface area (Å²) >= 11 is 5.96. The van der Waals surface area contributed by atoms with E-state index in [1.54, 1.807) is 25.1 Å². The van der Waals surface area contributed by atoms with Crippen molar-refractivity contribution in [2.45, 2.75) is 26.7 Å². The molecule has 0 aliphatic carbocycles. The molecule has 2 aromatic rings. The molecule has 1 N–H and O–H groups in total. The molecule has 0 fully saturated rings. The highest BCUT2D eigenvalue weighted by Gasteiger charge is 2.23. The van der Waals surface area contributed by atoms with Crippen molar-refractivity contribution >= 4 is 23.2 Å². The molecule has 1 heterocycles. The van der Waals surface area contributed by atoms with Gasteiger partial charge >= 0.3 is 0 Å². The van der Waals surface area contributed by atoms with Crippen molar-refractivity contribution in [1.29, 1.82) is 0 Å². The minimum Gasteiger partial charge on any atom is -0.495 e. The van der Waals surface area contributed by atoms with E-state index in [4.69, 9.17) is 20.9 Å². The number of ether oxygens (including phenoxy) is 1. The lowest BCUT2D eigenvalue weighted by atomic mass is 10.0. The fourth-order valence-corrected chi connectivity index (χ4v) is 2.19. The SMILES string of the molecule is COc1ccc(Cl)cc1NC(=O)c1c(C)noc1C(C)C. The van der Waals surface area contributed by atoms with Crippen molar-refractivity contribution in [3.63, 3.8) is 0 Å². The molecule has 0 unspecified atom stereocenters. The maximum Gasteiger partial charge on any atom is 0.261 e. The number of halogens is 1. The summed E-state index contributed by atoms with van der Waals surface area (Å²) in [5.74, 6) is 0.866. The molecule has 0 bridgehead atoms. The molecule has 1 amide bonds. The largest absolute Gasteiger partial charge is 0.495 e. The van der Waals surface area contributed by atoms with Crippen molar-refractivity contribution in [3.05, 3.63) is 40.2 Å². The predicted molar refractivity (Wildman–Crippen MR) is 81.3 cm³/mol. The third kappa shape index (κ3) is 3.19. The second-order valence-corrected chi connectivity index (χ2v) is 5.40. The molecule has 0 aliphatic rings. The fourth-order valence-electron chi connectivity index (χ4n) is 2.02. The lowest BCUT2D eigenvalue weighted by Gasteiger charge is -2.11. The van der Waals surface area contributed by atoms with Gasteiger partial charge in [-0.25, -0.2) is 0 Å².